The van der Waals surface area contributed by atoms with Crippen molar-refractivity contribution in [3.05, 3.63) is 34.9 Å². The van der Waals surface area contributed by atoms with Gasteiger partial charge < -0.3 is 4.74 Å². The smallest absolute Gasteiger partial charge is 0.376 e. The van der Waals surface area contributed by atoms with E-state index in [9.17, 15) is 13.2 Å². The highest BCUT2D eigenvalue weighted by Gasteiger charge is 2.31. The van der Waals surface area contributed by atoms with Gasteiger partial charge in [0, 0.05) is 0 Å². The monoisotopic (exact) mass is 202 g/mol. The van der Waals surface area contributed by atoms with Crippen LogP contribution in [-0.2, 0) is 23.9 Å². The number of rotatable bonds is 0. The molecule has 1 heterocycles. The molecule has 0 saturated carbocycles. The van der Waals surface area contributed by atoms with E-state index in [1.165, 1.54) is 6.07 Å². The fourth-order valence-corrected chi connectivity index (χ4v) is 1.54. The summed E-state index contributed by atoms with van der Waals surface area (Å²) in [5, 5.41) is 0. The SMILES string of the molecule is FC(F)(F)c1ccc2c(c1)COCC2. The predicted octanol–water partition coefficient (Wildman–Crippen LogP) is 2.78. The van der Waals surface area contributed by atoms with E-state index in [2.05, 4.69) is 0 Å². The van der Waals surface area contributed by atoms with Crippen molar-refractivity contribution in [1.29, 1.82) is 0 Å². The van der Waals surface area contributed by atoms with Gasteiger partial charge in [0.15, 0.2) is 0 Å². The number of hydrogen-bond donors (Lipinski definition) is 0. The molecular weight excluding hydrogens is 193 g/mol. The van der Waals surface area contributed by atoms with Crippen LogP contribution in [0.25, 0.3) is 0 Å². The largest absolute Gasteiger partial charge is 0.416 e. The Hall–Kier alpha value is -1.03. The van der Waals surface area contributed by atoms with Crippen molar-refractivity contribution in [1.82, 2.24) is 0 Å². The molecule has 2 rings (SSSR count). The Bertz CT molecular complexity index is 344. The fraction of sp³-hybridized carbons (Fsp3) is 0.400. The minimum Gasteiger partial charge on any atom is -0.376 e. The predicted molar refractivity (Wildman–Crippen MR) is 44.8 cm³/mol. The van der Waals surface area contributed by atoms with Crippen molar-refractivity contribution in [3.8, 4) is 0 Å². The zero-order valence-electron chi connectivity index (χ0n) is 7.40. The Labute approximate surface area is 79.5 Å². The molecule has 0 atom stereocenters. The number of hydrogen-bond acceptors (Lipinski definition) is 1. The van der Waals surface area contributed by atoms with Crippen LogP contribution in [0.1, 0.15) is 16.7 Å². The van der Waals surface area contributed by atoms with E-state index in [4.69, 9.17) is 4.74 Å². The van der Waals surface area contributed by atoms with Gasteiger partial charge in [-0.15, -0.1) is 0 Å². The average Bonchev–Trinajstić information content (AvgIpc) is 2.16. The molecule has 1 aliphatic rings. The molecule has 1 aromatic rings. The van der Waals surface area contributed by atoms with E-state index in [1.807, 2.05) is 0 Å². The Morgan fingerprint density at radius 1 is 1.14 bits per heavy atom. The molecule has 76 valence electrons. The molecule has 0 unspecified atom stereocenters. The number of fused-ring (bicyclic) bond motifs is 1. The molecular formula is C10H9F3O. The molecule has 1 aliphatic heterocycles. The Kier molecular flexibility index (Phi) is 2.23. The van der Waals surface area contributed by atoms with Crippen LogP contribution in [0.3, 0.4) is 0 Å². The lowest BCUT2D eigenvalue weighted by molar-refractivity contribution is -0.137. The molecule has 14 heavy (non-hydrogen) atoms. The molecule has 0 spiro atoms. The molecule has 1 aromatic carbocycles. The molecule has 0 aromatic heterocycles. The highest BCUT2D eigenvalue weighted by atomic mass is 19.4. The van der Waals surface area contributed by atoms with Crippen LogP contribution in [0.5, 0.6) is 0 Å². The molecule has 0 amide bonds. The first-order valence-electron chi connectivity index (χ1n) is 4.34. The standard InChI is InChI=1S/C10H9F3O/c11-10(12,13)9-2-1-7-3-4-14-6-8(7)5-9/h1-2,5H,3-4,6H2. The Morgan fingerprint density at radius 2 is 1.93 bits per heavy atom. The van der Waals surface area contributed by atoms with Crippen LogP contribution >= 0.6 is 0 Å². The third-order valence-electron chi connectivity index (χ3n) is 2.31. The van der Waals surface area contributed by atoms with Crippen LogP contribution in [-0.4, -0.2) is 6.61 Å². The van der Waals surface area contributed by atoms with Crippen LogP contribution in [0.15, 0.2) is 18.2 Å². The maximum Gasteiger partial charge on any atom is 0.416 e. The van der Waals surface area contributed by atoms with Crippen LogP contribution < -0.4 is 0 Å². The first kappa shape index (κ1) is 9.52. The van der Waals surface area contributed by atoms with Crippen molar-refractivity contribution in [2.45, 2.75) is 19.2 Å². The second-order valence-corrected chi connectivity index (χ2v) is 3.28. The third-order valence-corrected chi connectivity index (χ3v) is 2.31. The molecule has 0 saturated heterocycles. The van der Waals surface area contributed by atoms with Crippen molar-refractivity contribution < 1.29 is 17.9 Å². The molecule has 0 bridgehead atoms. The molecule has 0 aliphatic carbocycles. The Morgan fingerprint density at radius 3 is 2.64 bits per heavy atom. The van der Waals surface area contributed by atoms with Gasteiger partial charge in [-0.3, -0.25) is 0 Å². The lowest BCUT2D eigenvalue weighted by Crippen LogP contribution is -2.12. The van der Waals surface area contributed by atoms with E-state index in [1.54, 1.807) is 6.07 Å². The van der Waals surface area contributed by atoms with Crippen LogP contribution in [0.4, 0.5) is 13.2 Å². The number of alkyl halides is 3. The molecule has 0 radical (unpaired) electrons. The van der Waals surface area contributed by atoms with Gasteiger partial charge in [0.25, 0.3) is 0 Å². The topological polar surface area (TPSA) is 9.23 Å². The van der Waals surface area contributed by atoms with E-state index in [0.29, 0.717) is 25.2 Å². The molecule has 4 heteroatoms. The summed E-state index contributed by atoms with van der Waals surface area (Å²) in [6, 6.07) is 3.85. The van der Waals surface area contributed by atoms with Crippen LogP contribution in [0.2, 0.25) is 0 Å². The third kappa shape index (κ3) is 1.75. The van der Waals surface area contributed by atoms with Gasteiger partial charge in [0.05, 0.1) is 18.8 Å². The van der Waals surface area contributed by atoms with Crippen molar-refractivity contribution >= 4 is 0 Å². The van der Waals surface area contributed by atoms with Gasteiger partial charge in [-0.2, -0.15) is 13.2 Å². The van der Waals surface area contributed by atoms with Gasteiger partial charge in [-0.1, -0.05) is 6.07 Å². The number of halogens is 3. The number of ether oxygens (including phenoxy) is 1. The lowest BCUT2D eigenvalue weighted by Gasteiger charge is -2.17. The maximum atomic E-state index is 12.3. The molecule has 0 N–H and O–H groups in total. The normalized spacial score (nSPS) is 16.5. The van der Waals surface area contributed by atoms with E-state index >= 15 is 0 Å². The van der Waals surface area contributed by atoms with Gasteiger partial charge >= 0.3 is 6.18 Å². The van der Waals surface area contributed by atoms with Gasteiger partial charge in [-0.25, -0.2) is 0 Å². The van der Waals surface area contributed by atoms with Gasteiger partial charge in [0.1, 0.15) is 0 Å². The first-order valence-corrected chi connectivity index (χ1v) is 4.34. The number of benzene rings is 1. The summed E-state index contributed by atoms with van der Waals surface area (Å²) in [4.78, 5) is 0. The van der Waals surface area contributed by atoms with E-state index in [-0.39, 0.29) is 0 Å². The fourth-order valence-electron chi connectivity index (χ4n) is 1.54. The zero-order chi connectivity index (χ0) is 10.2. The summed E-state index contributed by atoms with van der Waals surface area (Å²) in [6.07, 6.45) is -3.56. The van der Waals surface area contributed by atoms with E-state index < -0.39 is 11.7 Å². The highest BCUT2D eigenvalue weighted by molar-refractivity contribution is 5.34. The first-order chi connectivity index (χ1) is 6.57. The average molecular weight is 202 g/mol. The second kappa shape index (κ2) is 3.28. The van der Waals surface area contributed by atoms with Gasteiger partial charge in [0.2, 0.25) is 0 Å². The van der Waals surface area contributed by atoms with Crippen molar-refractivity contribution in [2.24, 2.45) is 0 Å². The summed E-state index contributed by atoms with van der Waals surface area (Å²) in [7, 11) is 0. The Balaban J connectivity index is 2.39. The van der Waals surface area contributed by atoms with Crippen molar-refractivity contribution in [3.63, 3.8) is 0 Å². The van der Waals surface area contributed by atoms with Crippen molar-refractivity contribution in [2.75, 3.05) is 6.61 Å². The quantitative estimate of drug-likeness (QED) is 0.628. The zero-order valence-corrected chi connectivity index (χ0v) is 7.40. The maximum absolute atomic E-state index is 12.3. The summed E-state index contributed by atoms with van der Waals surface area (Å²) < 4.78 is 42.0. The lowest BCUT2D eigenvalue weighted by atomic mass is 10.0. The van der Waals surface area contributed by atoms with Crippen LogP contribution in [0, 0.1) is 0 Å². The highest BCUT2D eigenvalue weighted by Crippen LogP contribution is 2.31. The van der Waals surface area contributed by atoms with Gasteiger partial charge in [-0.05, 0) is 29.7 Å². The summed E-state index contributed by atoms with van der Waals surface area (Å²) >= 11 is 0. The summed E-state index contributed by atoms with van der Waals surface area (Å²) in [5.41, 5.74) is 1.03. The van der Waals surface area contributed by atoms with E-state index in [0.717, 1.165) is 11.6 Å². The minimum atomic E-state index is -4.26. The summed E-state index contributed by atoms with van der Waals surface area (Å²) in [5.74, 6) is 0. The second-order valence-electron chi connectivity index (χ2n) is 3.28. The summed E-state index contributed by atoms with van der Waals surface area (Å²) in [6.45, 7) is 0.887. The molecule has 1 nitrogen and oxygen atoms in total. The molecule has 0 fully saturated rings. The minimum absolute atomic E-state index is 0.291.